The summed E-state index contributed by atoms with van der Waals surface area (Å²) in [5.41, 5.74) is 4.45. The van der Waals surface area contributed by atoms with Crippen molar-refractivity contribution in [2.24, 2.45) is 0 Å². The smallest absolute Gasteiger partial charge is 0.265 e. The molecule has 1 amide bonds. The molecule has 0 unspecified atom stereocenters. The molecule has 8 heteroatoms. The molecule has 0 aliphatic heterocycles. The van der Waals surface area contributed by atoms with Crippen molar-refractivity contribution in [2.45, 2.75) is 38.8 Å². The van der Waals surface area contributed by atoms with Gasteiger partial charge in [0.2, 0.25) is 0 Å². The molecule has 0 fully saturated rings. The normalized spacial score (nSPS) is 12.3. The van der Waals surface area contributed by atoms with Crippen molar-refractivity contribution in [1.82, 2.24) is 10.3 Å². The molecule has 114 valence electrons. The van der Waals surface area contributed by atoms with E-state index in [1.807, 2.05) is 20.8 Å². The zero-order valence-electron chi connectivity index (χ0n) is 12.1. The first kappa shape index (κ1) is 16.7. The van der Waals surface area contributed by atoms with Crippen LogP contribution in [0.1, 0.15) is 37.4 Å². The van der Waals surface area contributed by atoms with Crippen LogP contribution in [0.4, 0.5) is 10.9 Å². The minimum Gasteiger partial charge on any atom is -0.394 e. The summed E-state index contributed by atoms with van der Waals surface area (Å²) in [5.74, 6) is -0.343. The number of carbonyl (C=O) groups is 1. The number of hydrogen-bond donors (Lipinski definition) is 5. The minimum absolute atomic E-state index is 0.123. The molecule has 0 radical (unpaired) electrons. The molecule has 0 aromatic carbocycles. The molecule has 0 aliphatic rings. The number of aromatic nitrogens is 1. The third-order valence-electron chi connectivity index (χ3n) is 2.45. The summed E-state index contributed by atoms with van der Waals surface area (Å²) in [6, 6.07) is 0. The van der Waals surface area contributed by atoms with Crippen LogP contribution in [0.5, 0.6) is 0 Å². The van der Waals surface area contributed by atoms with Gasteiger partial charge in [0, 0.05) is 5.54 Å². The molecule has 0 bridgehead atoms. The molecule has 6 N–H and O–H groups in total. The second-order valence-corrected chi connectivity index (χ2v) is 6.94. The van der Waals surface area contributed by atoms with Gasteiger partial charge in [0.05, 0.1) is 18.8 Å². The van der Waals surface area contributed by atoms with Crippen LogP contribution in [-0.4, -0.2) is 45.4 Å². The van der Waals surface area contributed by atoms with E-state index in [9.17, 15) is 15.0 Å². The van der Waals surface area contributed by atoms with Gasteiger partial charge >= 0.3 is 0 Å². The lowest BCUT2D eigenvalue weighted by Gasteiger charge is -2.25. The SMILES string of the molecule is CC(C)(C)Nc1nc(N)c(C(=O)NC(C)(CO)CO)s1. The molecule has 0 aliphatic carbocycles. The Morgan fingerprint density at radius 1 is 1.30 bits per heavy atom. The second-order valence-electron chi connectivity index (χ2n) is 5.94. The van der Waals surface area contributed by atoms with Crippen molar-refractivity contribution in [2.75, 3.05) is 24.3 Å². The third kappa shape index (κ3) is 4.32. The number of hydrogen-bond acceptors (Lipinski definition) is 7. The van der Waals surface area contributed by atoms with Crippen molar-refractivity contribution < 1.29 is 15.0 Å². The van der Waals surface area contributed by atoms with E-state index in [1.54, 1.807) is 0 Å². The topological polar surface area (TPSA) is 120 Å². The van der Waals surface area contributed by atoms with Crippen molar-refractivity contribution in [3.8, 4) is 0 Å². The predicted molar refractivity (Wildman–Crippen MR) is 79.9 cm³/mol. The van der Waals surface area contributed by atoms with Crippen LogP contribution in [0.2, 0.25) is 0 Å². The highest BCUT2D eigenvalue weighted by molar-refractivity contribution is 7.18. The van der Waals surface area contributed by atoms with Gasteiger partial charge in [-0.2, -0.15) is 0 Å². The first-order valence-electron chi connectivity index (χ1n) is 6.19. The fourth-order valence-corrected chi connectivity index (χ4v) is 2.32. The molecule has 0 saturated heterocycles. The van der Waals surface area contributed by atoms with Crippen LogP contribution in [0.15, 0.2) is 0 Å². The Kier molecular flexibility index (Phi) is 4.95. The largest absolute Gasteiger partial charge is 0.394 e. The van der Waals surface area contributed by atoms with E-state index in [0.29, 0.717) is 5.13 Å². The van der Waals surface area contributed by atoms with Crippen LogP contribution in [0.25, 0.3) is 0 Å². The van der Waals surface area contributed by atoms with E-state index in [0.717, 1.165) is 11.3 Å². The molecule has 1 aromatic heterocycles. The zero-order valence-corrected chi connectivity index (χ0v) is 13.0. The maximum absolute atomic E-state index is 12.1. The van der Waals surface area contributed by atoms with E-state index in [1.165, 1.54) is 6.92 Å². The molecule has 0 spiro atoms. The Balaban J connectivity index is 2.89. The maximum atomic E-state index is 12.1. The number of aliphatic hydroxyl groups excluding tert-OH is 2. The quantitative estimate of drug-likeness (QED) is 0.537. The molecule has 0 saturated carbocycles. The van der Waals surface area contributed by atoms with Crippen molar-refractivity contribution >= 4 is 28.2 Å². The molecular weight excluding hydrogens is 280 g/mol. The van der Waals surface area contributed by atoms with Crippen molar-refractivity contribution in [1.29, 1.82) is 0 Å². The molecule has 1 aromatic rings. The van der Waals surface area contributed by atoms with Gasteiger partial charge in [0.25, 0.3) is 5.91 Å². The van der Waals surface area contributed by atoms with Gasteiger partial charge in [0.1, 0.15) is 10.7 Å². The van der Waals surface area contributed by atoms with E-state index >= 15 is 0 Å². The van der Waals surface area contributed by atoms with Gasteiger partial charge in [-0.15, -0.1) is 0 Å². The third-order valence-corrected chi connectivity index (χ3v) is 3.44. The molecule has 20 heavy (non-hydrogen) atoms. The summed E-state index contributed by atoms with van der Waals surface area (Å²) in [5, 5.41) is 24.6. The highest BCUT2D eigenvalue weighted by Gasteiger charge is 2.28. The molecule has 7 nitrogen and oxygen atoms in total. The fraction of sp³-hybridized carbons (Fsp3) is 0.667. The van der Waals surface area contributed by atoms with Crippen molar-refractivity contribution in [3.05, 3.63) is 4.88 Å². The van der Waals surface area contributed by atoms with Crippen LogP contribution in [-0.2, 0) is 0 Å². The number of rotatable bonds is 5. The van der Waals surface area contributed by atoms with E-state index in [-0.39, 0.29) is 29.4 Å². The number of anilines is 2. The summed E-state index contributed by atoms with van der Waals surface area (Å²) in [7, 11) is 0. The van der Waals surface area contributed by atoms with Gasteiger partial charge in [0.15, 0.2) is 5.13 Å². The Labute approximate surface area is 122 Å². The number of nitrogens with two attached hydrogens (primary N) is 1. The van der Waals surface area contributed by atoms with Gasteiger partial charge in [-0.1, -0.05) is 11.3 Å². The summed E-state index contributed by atoms with van der Waals surface area (Å²) < 4.78 is 0. The number of thiazole rings is 1. The predicted octanol–water partition coefficient (Wildman–Crippen LogP) is 0.409. The average molecular weight is 302 g/mol. The number of nitrogens with zero attached hydrogens (tertiary/aromatic N) is 1. The van der Waals surface area contributed by atoms with E-state index in [4.69, 9.17) is 5.73 Å². The first-order chi connectivity index (χ1) is 9.10. The van der Waals surface area contributed by atoms with Crippen molar-refractivity contribution in [3.63, 3.8) is 0 Å². The number of carbonyl (C=O) groups excluding carboxylic acids is 1. The number of aliphatic hydroxyl groups is 2. The molecule has 1 rings (SSSR count). The lowest BCUT2D eigenvalue weighted by molar-refractivity contribution is 0.0728. The standard InChI is InChI=1S/C12H22N4O3S/c1-11(2,3)16-10-14-8(13)7(20-10)9(19)15-12(4,5-17)6-18/h17-18H,5-6,13H2,1-4H3,(H,14,16)(H,15,19). The Morgan fingerprint density at radius 3 is 2.30 bits per heavy atom. The number of nitrogens with one attached hydrogen (secondary N) is 2. The summed E-state index contributed by atoms with van der Waals surface area (Å²) in [4.78, 5) is 16.5. The lowest BCUT2D eigenvalue weighted by Crippen LogP contribution is -2.51. The van der Waals surface area contributed by atoms with Gasteiger partial charge in [-0.25, -0.2) is 4.98 Å². The fourth-order valence-electron chi connectivity index (χ4n) is 1.33. The lowest BCUT2D eigenvalue weighted by atomic mass is 10.1. The first-order valence-corrected chi connectivity index (χ1v) is 7.00. The van der Waals surface area contributed by atoms with E-state index < -0.39 is 11.4 Å². The van der Waals surface area contributed by atoms with Gasteiger partial charge in [-0.05, 0) is 27.7 Å². The van der Waals surface area contributed by atoms with Crippen LogP contribution in [0.3, 0.4) is 0 Å². The molecule has 0 atom stereocenters. The molecular formula is C12H22N4O3S. The number of amides is 1. The highest BCUT2D eigenvalue weighted by atomic mass is 32.1. The minimum atomic E-state index is -1.09. The van der Waals surface area contributed by atoms with E-state index in [2.05, 4.69) is 15.6 Å². The summed E-state index contributed by atoms with van der Waals surface area (Å²) in [6.45, 7) is 6.70. The monoisotopic (exact) mass is 302 g/mol. The zero-order chi connectivity index (χ0) is 15.6. The van der Waals surface area contributed by atoms with Gasteiger partial charge in [-0.3, -0.25) is 4.79 Å². The number of nitrogen functional groups attached to an aromatic ring is 1. The Hall–Kier alpha value is -1.38. The Morgan fingerprint density at radius 2 is 1.85 bits per heavy atom. The van der Waals surface area contributed by atoms with Gasteiger partial charge < -0.3 is 26.6 Å². The maximum Gasteiger partial charge on any atom is 0.265 e. The second kappa shape index (κ2) is 5.94. The average Bonchev–Trinajstić information content (AvgIpc) is 2.67. The highest BCUT2D eigenvalue weighted by Crippen LogP contribution is 2.27. The van der Waals surface area contributed by atoms with Crippen LogP contribution >= 0.6 is 11.3 Å². The Bertz CT molecular complexity index is 478. The summed E-state index contributed by atoms with van der Waals surface area (Å²) >= 11 is 1.13. The summed E-state index contributed by atoms with van der Waals surface area (Å²) in [6.07, 6.45) is 0. The molecule has 1 heterocycles. The van der Waals surface area contributed by atoms with Crippen LogP contribution in [0, 0.1) is 0 Å². The van der Waals surface area contributed by atoms with Crippen LogP contribution < -0.4 is 16.4 Å².